The van der Waals surface area contributed by atoms with Crippen LogP contribution in [0.5, 0.6) is 0 Å². The van der Waals surface area contributed by atoms with Crippen molar-refractivity contribution in [1.82, 2.24) is 0 Å². The molecule has 25 heavy (non-hydrogen) atoms. The van der Waals surface area contributed by atoms with E-state index in [1.165, 1.54) is 0 Å². The van der Waals surface area contributed by atoms with E-state index in [0.29, 0.717) is 19.3 Å². The molecule has 1 aliphatic heterocycles. The van der Waals surface area contributed by atoms with E-state index >= 15 is 0 Å². The van der Waals surface area contributed by atoms with E-state index in [9.17, 15) is 20.1 Å². The molecule has 0 aromatic rings. The third kappa shape index (κ3) is 7.55. The van der Waals surface area contributed by atoms with Gasteiger partial charge < -0.3 is 34.6 Å². The Morgan fingerprint density at radius 1 is 1.12 bits per heavy atom. The van der Waals surface area contributed by atoms with Gasteiger partial charge in [-0.25, -0.2) is 0 Å². The zero-order valence-corrected chi connectivity index (χ0v) is 15.4. The van der Waals surface area contributed by atoms with Gasteiger partial charge in [0.1, 0.15) is 30.0 Å². The molecule has 0 saturated carbocycles. The fourth-order valence-corrected chi connectivity index (χ4v) is 2.57. The second-order valence-corrected chi connectivity index (χ2v) is 7.48. The van der Waals surface area contributed by atoms with Gasteiger partial charge in [0.05, 0.1) is 12.7 Å². The highest BCUT2D eigenvalue weighted by Crippen LogP contribution is 2.24. The Bertz CT molecular complexity index is 406. The lowest BCUT2D eigenvalue weighted by atomic mass is 9.99. The van der Waals surface area contributed by atoms with Crippen molar-refractivity contribution in [3.05, 3.63) is 0 Å². The Kier molecular flexibility index (Phi) is 8.73. The van der Waals surface area contributed by atoms with E-state index in [1.807, 2.05) is 20.8 Å². The van der Waals surface area contributed by atoms with E-state index in [2.05, 4.69) is 0 Å². The van der Waals surface area contributed by atoms with E-state index in [0.717, 1.165) is 6.42 Å². The molecule has 1 saturated heterocycles. The van der Waals surface area contributed by atoms with Crippen molar-refractivity contribution < 1.29 is 39.4 Å². The molecule has 1 fully saturated rings. The number of unbranched alkanes of at least 4 members (excludes halogenated alkanes) is 1. The molecule has 8 nitrogen and oxygen atoms in total. The van der Waals surface area contributed by atoms with Crippen molar-refractivity contribution in [2.45, 2.75) is 95.8 Å². The summed E-state index contributed by atoms with van der Waals surface area (Å²) in [4.78, 5) is 11.6. The lowest BCUT2D eigenvalue weighted by molar-refractivity contribution is -0.310. The molecule has 0 spiro atoms. The van der Waals surface area contributed by atoms with Gasteiger partial charge in [-0.05, 0) is 40.5 Å². The molecule has 0 aromatic carbocycles. The van der Waals surface area contributed by atoms with Gasteiger partial charge in [-0.3, -0.25) is 4.79 Å². The fraction of sp³-hybridized carbons (Fsp3) is 0.941. The number of carbonyl (C=O) groups is 1. The summed E-state index contributed by atoms with van der Waals surface area (Å²) in [6.07, 6.45) is -4.34. The topological polar surface area (TPSA) is 126 Å². The standard InChI is InChI=1S/C17H32O8/c1-10(7-5-6-8-12(19)25-17(2,3)4)23-16-15(22)14(21)13(20)11(9-18)24-16/h10-11,13-16,18,20-22H,5-9H2,1-4H3/t10?,11?,13-,14?,15?,16-/m1/s1. The first-order valence-corrected chi connectivity index (χ1v) is 8.73. The van der Waals surface area contributed by atoms with Crippen LogP contribution < -0.4 is 0 Å². The average Bonchev–Trinajstić information content (AvgIpc) is 2.50. The number of ether oxygens (including phenoxy) is 3. The number of hydrogen-bond donors (Lipinski definition) is 4. The molecular weight excluding hydrogens is 332 g/mol. The molecule has 4 unspecified atom stereocenters. The quantitative estimate of drug-likeness (QED) is 0.353. The van der Waals surface area contributed by atoms with Gasteiger partial charge in [-0.15, -0.1) is 0 Å². The summed E-state index contributed by atoms with van der Waals surface area (Å²) in [7, 11) is 0. The molecule has 0 radical (unpaired) electrons. The Balaban J connectivity index is 2.32. The highest BCUT2D eigenvalue weighted by Gasteiger charge is 2.44. The number of carbonyl (C=O) groups excluding carboxylic acids is 1. The third-order valence-electron chi connectivity index (χ3n) is 3.88. The Morgan fingerprint density at radius 3 is 2.32 bits per heavy atom. The van der Waals surface area contributed by atoms with Crippen LogP contribution in [0.1, 0.15) is 53.4 Å². The molecule has 8 heteroatoms. The van der Waals surface area contributed by atoms with Crippen LogP contribution >= 0.6 is 0 Å². The molecule has 148 valence electrons. The molecule has 1 aliphatic rings. The van der Waals surface area contributed by atoms with Crippen LogP contribution in [0.3, 0.4) is 0 Å². The minimum atomic E-state index is -1.45. The summed E-state index contributed by atoms with van der Waals surface area (Å²) in [5, 5.41) is 38.5. The lowest BCUT2D eigenvalue weighted by Gasteiger charge is -2.40. The first-order valence-electron chi connectivity index (χ1n) is 8.73. The molecular formula is C17H32O8. The van der Waals surface area contributed by atoms with Gasteiger partial charge in [0.2, 0.25) is 0 Å². The van der Waals surface area contributed by atoms with E-state index in [1.54, 1.807) is 6.92 Å². The molecule has 0 bridgehead atoms. The summed E-state index contributed by atoms with van der Waals surface area (Å²) >= 11 is 0. The highest BCUT2D eigenvalue weighted by molar-refractivity contribution is 5.69. The average molecular weight is 364 g/mol. The predicted octanol–water partition coefficient (Wildman–Crippen LogP) is 0.0935. The van der Waals surface area contributed by atoms with Gasteiger partial charge in [0, 0.05) is 6.42 Å². The lowest BCUT2D eigenvalue weighted by Crippen LogP contribution is -2.59. The van der Waals surface area contributed by atoms with E-state index < -0.39 is 42.9 Å². The van der Waals surface area contributed by atoms with Crippen LogP contribution in [0, 0.1) is 0 Å². The summed E-state index contributed by atoms with van der Waals surface area (Å²) in [6, 6.07) is 0. The molecule has 0 aliphatic carbocycles. The predicted molar refractivity (Wildman–Crippen MR) is 88.6 cm³/mol. The van der Waals surface area contributed by atoms with Crippen LogP contribution in [0.4, 0.5) is 0 Å². The Labute approximate surface area is 148 Å². The van der Waals surface area contributed by atoms with Gasteiger partial charge >= 0.3 is 5.97 Å². The van der Waals surface area contributed by atoms with Crippen LogP contribution in [-0.4, -0.2) is 75.4 Å². The van der Waals surface area contributed by atoms with Gasteiger partial charge in [0.15, 0.2) is 6.29 Å². The number of hydrogen-bond acceptors (Lipinski definition) is 8. The molecule has 0 aromatic heterocycles. The summed E-state index contributed by atoms with van der Waals surface area (Å²) in [5.74, 6) is -0.241. The van der Waals surface area contributed by atoms with Crippen molar-refractivity contribution in [3.63, 3.8) is 0 Å². The minimum absolute atomic E-state index is 0.241. The van der Waals surface area contributed by atoms with Crippen LogP contribution in [0.2, 0.25) is 0 Å². The van der Waals surface area contributed by atoms with Crippen molar-refractivity contribution in [2.24, 2.45) is 0 Å². The normalized spacial score (nSPS) is 31.6. The van der Waals surface area contributed by atoms with E-state index in [4.69, 9.17) is 19.3 Å². The van der Waals surface area contributed by atoms with Crippen molar-refractivity contribution >= 4 is 5.97 Å². The van der Waals surface area contributed by atoms with Crippen LogP contribution in [0.25, 0.3) is 0 Å². The van der Waals surface area contributed by atoms with Gasteiger partial charge in [-0.2, -0.15) is 0 Å². The van der Waals surface area contributed by atoms with Crippen molar-refractivity contribution in [1.29, 1.82) is 0 Å². The smallest absolute Gasteiger partial charge is 0.306 e. The largest absolute Gasteiger partial charge is 0.460 e. The van der Waals surface area contributed by atoms with Gasteiger partial charge in [0.25, 0.3) is 0 Å². The zero-order valence-electron chi connectivity index (χ0n) is 15.4. The summed E-state index contributed by atoms with van der Waals surface area (Å²) in [6.45, 7) is 6.76. The Hall–Kier alpha value is -0.770. The van der Waals surface area contributed by atoms with E-state index in [-0.39, 0.29) is 12.1 Å². The number of rotatable bonds is 8. The monoisotopic (exact) mass is 364 g/mol. The second kappa shape index (κ2) is 9.80. The summed E-state index contributed by atoms with van der Waals surface area (Å²) < 4.78 is 16.1. The molecule has 1 heterocycles. The molecule has 0 amide bonds. The maximum atomic E-state index is 11.6. The molecule has 6 atom stereocenters. The maximum absolute atomic E-state index is 11.6. The first kappa shape index (κ1) is 22.3. The van der Waals surface area contributed by atoms with Crippen LogP contribution in [-0.2, 0) is 19.0 Å². The van der Waals surface area contributed by atoms with Gasteiger partial charge in [-0.1, -0.05) is 6.42 Å². The SMILES string of the molecule is CC(CCCCC(=O)OC(C)(C)C)O[C@@H]1OC(CO)[C@@H](O)C(O)C1O. The third-order valence-corrected chi connectivity index (χ3v) is 3.88. The van der Waals surface area contributed by atoms with Crippen molar-refractivity contribution in [3.8, 4) is 0 Å². The minimum Gasteiger partial charge on any atom is -0.460 e. The molecule has 1 rings (SSSR count). The maximum Gasteiger partial charge on any atom is 0.306 e. The van der Waals surface area contributed by atoms with Crippen molar-refractivity contribution in [2.75, 3.05) is 6.61 Å². The fourth-order valence-electron chi connectivity index (χ4n) is 2.57. The highest BCUT2D eigenvalue weighted by atomic mass is 16.7. The zero-order chi connectivity index (χ0) is 19.2. The van der Waals surface area contributed by atoms with Crippen LogP contribution in [0.15, 0.2) is 0 Å². The molecule has 4 N–H and O–H groups in total. The number of aliphatic hydroxyl groups is 4. The first-order chi connectivity index (χ1) is 11.5. The second-order valence-electron chi connectivity index (χ2n) is 7.48. The number of aliphatic hydroxyl groups excluding tert-OH is 4. The Morgan fingerprint density at radius 2 is 1.76 bits per heavy atom. The number of esters is 1. The summed E-state index contributed by atoms with van der Waals surface area (Å²) in [5.41, 5.74) is -0.489.